The average Bonchev–Trinajstić information content (AvgIpc) is 3.01. The van der Waals surface area contributed by atoms with Crippen LogP contribution in [-0.2, 0) is 28.2 Å². The molecule has 0 radical (unpaired) electrons. The Labute approximate surface area is 182 Å². The van der Waals surface area contributed by atoms with E-state index >= 15 is 0 Å². The summed E-state index contributed by atoms with van der Waals surface area (Å²) >= 11 is 0. The zero-order chi connectivity index (χ0) is 23.0. The molecule has 2 aliphatic heterocycles. The molecule has 0 saturated heterocycles. The maximum absolute atomic E-state index is 13.1. The number of aromatic nitrogens is 2. The van der Waals surface area contributed by atoms with E-state index in [1.165, 1.54) is 28.8 Å². The van der Waals surface area contributed by atoms with E-state index in [1.54, 1.807) is 0 Å². The van der Waals surface area contributed by atoms with Crippen molar-refractivity contribution in [2.75, 3.05) is 0 Å². The summed E-state index contributed by atoms with van der Waals surface area (Å²) in [6, 6.07) is 5.51. The van der Waals surface area contributed by atoms with E-state index in [0.717, 1.165) is 6.92 Å². The van der Waals surface area contributed by atoms with E-state index in [2.05, 4.69) is 15.6 Å². The van der Waals surface area contributed by atoms with E-state index in [4.69, 9.17) is 0 Å². The molecule has 10 heteroatoms. The van der Waals surface area contributed by atoms with Gasteiger partial charge in [-0.25, -0.2) is 9.37 Å². The molecule has 168 valence electrons. The Kier molecular flexibility index (Phi) is 5.53. The second kappa shape index (κ2) is 8.18. The molecule has 0 spiro atoms. The lowest BCUT2D eigenvalue weighted by Gasteiger charge is -2.36. The van der Waals surface area contributed by atoms with Gasteiger partial charge in [0.1, 0.15) is 11.6 Å². The van der Waals surface area contributed by atoms with Gasteiger partial charge in [0, 0.05) is 20.0 Å². The van der Waals surface area contributed by atoms with Crippen LogP contribution in [0.15, 0.2) is 29.1 Å². The molecule has 3 aliphatic rings. The highest BCUT2D eigenvalue weighted by molar-refractivity contribution is 6.35. The average molecular weight is 442 g/mol. The number of Topliss-reactive ketones (excluding diaryl/α,β-unsaturated/α-hetero) is 1. The Hall–Kier alpha value is -3.56. The van der Waals surface area contributed by atoms with Crippen LogP contribution in [0.4, 0.5) is 4.39 Å². The fraction of sp³-hybridized carbons (Fsp3) is 0.409. The minimum atomic E-state index is -1.07. The lowest BCUT2D eigenvalue weighted by molar-refractivity contribution is -0.138. The molecule has 2 aromatic rings. The van der Waals surface area contributed by atoms with Crippen LogP contribution in [0.25, 0.3) is 0 Å². The molecule has 1 aliphatic carbocycles. The fourth-order valence-corrected chi connectivity index (χ4v) is 4.43. The highest BCUT2D eigenvalue weighted by Gasteiger charge is 2.46. The predicted octanol–water partition coefficient (Wildman–Crippen LogP) is 1.12. The topological polar surface area (TPSA) is 130 Å². The zero-order valence-corrected chi connectivity index (χ0v) is 17.5. The van der Waals surface area contributed by atoms with Crippen LogP contribution in [0.1, 0.15) is 54.5 Å². The molecule has 0 unspecified atom stereocenters. The molecular weight excluding hydrogens is 419 g/mol. The standard InChI is InChI=1S/C22H23FN4O5/c1-12(28)18(30)26-22-8-6-14(7-9-22)11-27-20(32)17(29)16(25-21(22)27)19(31)24-10-13-2-4-15(23)5-3-13/h2-5,14,29H,6-11H2,1H3,(H,24,31)(H,26,30). The lowest BCUT2D eigenvalue weighted by atomic mass is 9.77. The third kappa shape index (κ3) is 3.88. The summed E-state index contributed by atoms with van der Waals surface area (Å²) in [6.07, 6.45) is 2.33. The molecule has 32 heavy (non-hydrogen) atoms. The Bertz CT molecular complexity index is 1150. The van der Waals surface area contributed by atoms with E-state index in [9.17, 15) is 28.7 Å². The number of hydrogen-bond acceptors (Lipinski definition) is 6. The summed E-state index contributed by atoms with van der Waals surface area (Å²) in [5, 5.41) is 15.7. The molecule has 2 amide bonds. The van der Waals surface area contributed by atoms with Gasteiger partial charge in [-0.2, -0.15) is 0 Å². The van der Waals surface area contributed by atoms with E-state index in [0.29, 0.717) is 37.8 Å². The van der Waals surface area contributed by atoms with Gasteiger partial charge in [0.25, 0.3) is 17.4 Å². The number of amides is 2. The van der Waals surface area contributed by atoms with Crippen LogP contribution in [0.5, 0.6) is 5.75 Å². The SMILES string of the molecule is CC(=O)C(=O)NC12CCC(CC1)Cn1c2nc(C(=O)NCc2ccc(F)cc2)c(O)c1=O. The molecule has 1 saturated carbocycles. The number of nitrogens with zero attached hydrogens (tertiary/aromatic N) is 2. The number of ketones is 1. The first kappa shape index (κ1) is 21.7. The number of carbonyl (C=O) groups is 3. The lowest BCUT2D eigenvalue weighted by Crippen LogP contribution is -2.51. The number of rotatable bonds is 5. The van der Waals surface area contributed by atoms with Crippen molar-refractivity contribution in [3.05, 3.63) is 57.5 Å². The van der Waals surface area contributed by atoms with Crippen LogP contribution in [0.3, 0.4) is 0 Å². The van der Waals surface area contributed by atoms with E-state index in [1.807, 2.05) is 0 Å². The first-order valence-corrected chi connectivity index (χ1v) is 10.4. The van der Waals surface area contributed by atoms with Crippen LogP contribution in [0, 0.1) is 11.7 Å². The molecule has 3 N–H and O–H groups in total. The van der Waals surface area contributed by atoms with Crippen molar-refractivity contribution in [1.29, 1.82) is 0 Å². The van der Waals surface area contributed by atoms with Gasteiger partial charge < -0.3 is 15.7 Å². The third-order valence-corrected chi connectivity index (χ3v) is 6.23. The maximum atomic E-state index is 13.1. The highest BCUT2D eigenvalue weighted by Crippen LogP contribution is 2.42. The number of hydrogen-bond donors (Lipinski definition) is 3. The number of benzene rings is 1. The third-order valence-electron chi connectivity index (χ3n) is 6.23. The quantitative estimate of drug-likeness (QED) is 0.595. The van der Waals surface area contributed by atoms with E-state index in [-0.39, 0.29) is 18.3 Å². The number of halogens is 1. The number of carbonyl (C=O) groups excluding carboxylic acids is 3. The van der Waals surface area contributed by atoms with Crippen LogP contribution >= 0.6 is 0 Å². The van der Waals surface area contributed by atoms with Crippen molar-refractivity contribution in [2.45, 2.75) is 51.2 Å². The normalized spacial score (nSPS) is 21.4. The second-order valence-corrected chi connectivity index (χ2v) is 8.39. The minimum absolute atomic E-state index is 0.0347. The van der Waals surface area contributed by atoms with Gasteiger partial charge in [0.2, 0.25) is 11.5 Å². The molecule has 9 nitrogen and oxygen atoms in total. The van der Waals surface area contributed by atoms with Crippen molar-refractivity contribution in [2.24, 2.45) is 5.92 Å². The first-order valence-electron chi connectivity index (χ1n) is 10.4. The number of fused-ring (bicyclic) bond motifs is 2. The van der Waals surface area contributed by atoms with Gasteiger partial charge in [-0.3, -0.25) is 23.7 Å². The van der Waals surface area contributed by atoms with Gasteiger partial charge in [-0.05, 0) is 49.3 Å². The van der Waals surface area contributed by atoms with Gasteiger partial charge in [0.05, 0.1) is 5.54 Å². The summed E-state index contributed by atoms with van der Waals surface area (Å²) in [4.78, 5) is 53.9. The minimum Gasteiger partial charge on any atom is -0.501 e. The Morgan fingerprint density at radius 1 is 1.22 bits per heavy atom. The summed E-state index contributed by atoms with van der Waals surface area (Å²) < 4.78 is 14.4. The molecule has 5 rings (SSSR count). The van der Waals surface area contributed by atoms with Crippen LogP contribution in [0.2, 0.25) is 0 Å². The molecule has 2 bridgehead atoms. The maximum Gasteiger partial charge on any atom is 0.296 e. The molecule has 1 aromatic carbocycles. The molecule has 3 heterocycles. The first-order chi connectivity index (χ1) is 15.2. The Morgan fingerprint density at radius 3 is 2.50 bits per heavy atom. The highest BCUT2D eigenvalue weighted by atomic mass is 19.1. The van der Waals surface area contributed by atoms with Crippen molar-refractivity contribution in [3.8, 4) is 5.75 Å². The summed E-state index contributed by atoms with van der Waals surface area (Å²) in [7, 11) is 0. The van der Waals surface area contributed by atoms with Gasteiger partial charge in [0.15, 0.2) is 5.69 Å². The van der Waals surface area contributed by atoms with Gasteiger partial charge >= 0.3 is 0 Å². The van der Waals surface area contributed by atoms with Crippen molar-refractivity contribution in [3.63, 3.8) is 0 Å². The summed E-state index contributed by atoms with van der Waals surface area (Å²) in [6.45, 7) is 1.50. The predicted molar refractivity (Wildman–Crippen MR) is 110 cm³/mol. The summed E-state index contributed by atoms with van der Waals surface area (Å²) in [5.41, 5.74) is -1.67. The zero-order valence-electron chi connectivity index (χ0n) is 17.5. The molecule has 1 aromatic heterocycles. The van der Waals surface area contributed by atoms with E-state index < -0.39 is 46.0 Å². The van der Waals surface area contributed by atoms with Crippen LogP contribution < -0.4 is 16.2 Å². The van der Waals surface area contributed by atoms with Gasteiger partial charge in [-0.15, -0.1) is 0 Å². The Balaban J connectivity index is 1.71. The largest absolute Gasteiger partial charge is 0.501 e. The molecule has 1 fully saturated rings. The number of aromatic hydroxyl groups is 1. The van der Waals surface area contributed by atoms with Crippen molar-refractivity contribution >= 4 is 17.6 Å². The monoisotopic (exact) mass is 442 g/mol. The number of nitrogens with one attached hydrogen (secondary N) is 2. The molecular formula is C22H23FN4O5. The fourth-order valence-electron chi connectivity index (χ4n) is 4.43. The summed E-state index contributed by atoms with van der Waals surface area (Å²) in [5.74, 6) is -3.10. The van der Waals surface area contributed by atoms with Gasteiger partial charge in [-0.1, -0.05) is 12.1 Å². The smallest absolute Gasteiger partial charge is 0.296 e. The van der Waals surface area contributed by atoms with Crippen molar-refractivity contribution in [1.82, 2.24) is 20.2 Å². The second-order valence-electron chi connectivity index (χ2n) is 8.39. The Morgan fingerprint density at radius 2 is 1.88 bits per heavy atom. The van der Waals surface area contributed by atoms with Crippen LogP contribution in [-0.4, -0.2) is 32.3 Å². The molecule has 0 atom stereocenters. The van der Waals surface area contributed by atoms with Crippen molar-refractivity contribution < 1.29 is 23.9 Å².